The number of halogens is 1. The maximum atomic E-state index is 14.8. The minimum atomic E-state index is -0.471. The first-order valence-electron chi connectivity index (χ1n) is 13.6. The predicted octanol–water partition coefficient (Wildman–Crippen LogP) is 9.30. The van der Waals surface area contributed by atoms with E-state index in [9.17, 15) is 14.0 Å². The van der Waals surface area contributed by atoms with E-state index in [1.807, 2.05) is 85.0 Å². The third-order valence-electron chi connectivity index (χ3n) is 6.25. The molecule has 4 aromatic carbocycles. The van der Waals surface area contributed by atoms with Crippen LogP contribution in [0.5, 0.6) is 11.5 Å². The summed E-state index contributed by atoms with van der Waals surface area (Å²) in [6.45, 7) is 10.4. The summed E-state index contributed by atoms with van der Waals surface area (Å²) >= 11 is 0. The van der Waals surface area contributed by atoms with Crippen molar-refractivity contribution in [3.05, 3.63) is 154 Å². The monoisotopic (exact) mass is 570 g/mol. The maximum Gasteiger partial charge on any atom is 0.338 e. The van der Waals surface area contributed by atoms with Gasteiger partial charge in [0, 0.05) is 22.3 Å². The molecule has 0 fully saturated rings. The zero-order valence-electron chi connectivity index (χ0n) is 24.0. The van der Waals surface area contributed by atoms with Crippen molar-refractivity contribution in [1.29, 1.82) is 0 Å². The van der Waals surface area contributed by atoms with Gasteiger partial charge in [-0.15, -0.1) is 0 Å². The lowest BCUT2D eigenvalue weighted by Gasteiger charge is -2.07. The molecule has 0 unspecified atom stereocenters. The number of para-hydroxylation sites is 1. The summed E-state index contributed by atoms with van der Waals surface area (Å²) in [6.07, 6.45) is 11.1. The fraction of sp³-hybridized carbons (Fsp3) is 0.0526. The van der Waals surface area contributed by atoms with Crippen molar-refractivity contribution in [2.45, 2.75) is 13.8 Å². The van der Waals surface area contributed by atoms with Crippen LogP contribution in [-0.2, 0) is 9.59 Å². The molecule has 0 aliphatic carbocycles. The molecule has 0 aliphatic heterocycles. The zero-order chi connectivity index (χ0) is 30.8. The van der Waals surface area contributed by atoms with Gasteiger partial charge in [-0.05, 0) is 60.4 Å². The van der Waals surface area contributed by atoms with Crippen LogP contribution in [0.1, 0.15) is 47.2 Å². The Labute approximate surface area is 251 Å². The molecule has 4 nitrogen and oxygen atoms in total. The van der Waals surface area contributed by atoms with Gasteiger partial charge in [0.1, 0.15) is 17.3 Å². The van der Waals surface area contributed by atoms with Crippen molar-refractivity contribution in [3.8, 4) is 11.5 Å². The molecule has 5 heteroatoms. The molecule has 0 N–H and O–H groups in total. The summed E-state index contributed by atoms with van der Waals surface area (Å²) in [5.41, 5.74) is 5.40. The Bertz CT molecular complexity index is 1740. The van der Waals surface area contributed by atoms with E-state index < -0.39 is 11.9 Å². The average Bonchev–Trinajstić information content (AvgIpc) is 3.00. The van der Waals surface area contributed by atoms with E-state index in [1.165, 1.54) is 6.07 Å². The second kappa shape index (κ2) is 14.4. The van der Waals surface area contributed by atoms with Crippen molar-refractivity contribution in [2.24, 2.45) is 0 Å². The number of carbonyl (C=O) groups is 2. The van der Waals surface area contributed by atoms with Gasteiger partial charge in [0.15, 0.2) is 0 Å². The molecule has 0 amide bonds. The molecule has 0 atom stereocenters. The molecule has 0 heterocycles. The molecule has 0 bridgehead atoms. The average molecular weight is 571 g/mol. The van der Waals surface area contributed by atoms with Crippen LogP contribution in [0.3, 0.4) is 0 Å². The van der Waals surface area contributed by atoms with E-state index in [1.54, 1.807) is 50.3 Å². The lowest BCUT2D eigenvalue weighted by Crippen LogP contribution is -2.08. The molecular formula is C38H31FO4. The Morgan fingerprint density at radius 3 is 1.63 bits per heavy atom. The lowest BCUT2D eigenvalue weighted by molar-refractivity contribution is -0.130. The topological polar surface area (TPSA) is 52.6 Å². The first-order valence-corrected chi connectivity index (χ1v) is 13.6. The van der Waals surface area contributed by atoms with Gasteiger partial charge in [-0.1, -0.05) is 116 Å². The third kappa shape index (κ3) is 8.97. The number of rotatable bonds is 10. The quantitative estimate of drug-likeness (QED) is 0.0825. The Kier molecular flexibility index (Phi) is 10.2. The first-order chi connectivity index (χ1) is 20.7. The van der Waals surface area contributed by atoms with Gasteiger partial charge in [0.25, 0.3) is 0 Å². The summed E-state index contributed by atoms with van der Waals surface area (Å²) in [5, 5.41) is 0. The number of hydrogen-bond acceptors (Lipinski definition) is 4. The van der Waals surface area contributed by atoms with Crippen molar-refractivity contribution < 1.29 is 23.5 Å². The first kappa shape index (κ1) is 30.4. The molecular weight excluding hydrogens is 539 g/mol. The second-order valence-corrected chi connectivity index (χ2v) is 9.89. The molecule has 214 valence electrons. The predicted molar refractivity (Wildman–Crippen MR) is 173 cm³/mol. The fourth-order valence-electron chi connectivity index (χ4n) is 3.80. The zero-order valence-corrected chi connectivity index (χ0v) is 24.0. The molecule has 4 rings (SSSR count). The Morgan fingerprint density at radius 2 is 1.05 bits per heavy atom. The Hall–Kier alpha value is -5.55. The van der Waals surface area contributed by atoms with Crippen LogP contribution in [0.25, 0.3) is 36.5 Å². The second-order valence-electron chi connectivity index (χ2n) is 9.89. The smallest absolute Gasteiger partial charge is 0.338 e. The molecule has 0 aromatic heterocycles. The van der Waals surface area contributed by atoms with E-state index in [0.29, 0.717) is 28.2 Å². The molecule has 0 saturated carbocycles. The van der Waals surface area contributed by atoms with Gasteiger partial charge in [0.2, 0.25) is 0 Å². The normalized spacial score (nSPS) is 11.2. The Balaban J connectivity index is 1.36. The van der Waals surface area contributed by atoms with Crippen LogP contribution in [0.2, 0.25) is 0 Å². The molecule has 4 aromatic rings. The van der Waals surface area contributed by atoms with Gasteiger partial charge >= 0.3 is 11.9 Å². The minimum Gasteiger partial charge on any atom is -0.423 e. The van der Waals surface area contributed by atoms with Gasteiger partial charge in [-0.3, -0.25) is 0 Å². The number of esters is 2. The van der Waals surface area contributed by atoms with Crippen LogP contribution in [-0.4, -0.2) is 11.9 Å². The lowest BCUT2D eigenvalue weighted by atomic mass is 10.1. The summed E-state index contributed by atoms with van der Waals surface area (Å²) in [7, 11) is 0. The largest absolute Gasteiger partial charge is 0.423 e. The molecule has 0 aliphatic rings. The maximum absolute atomic E-state index is 14.8. The van der Waals surface area contributed by atoms with Crippen LogP contribution < -0.4 is 9.47 Å². The number of hydrogen-bond donors (Lipinski definition) is 0. The molecule has 43 heavy (non-hydrogen) atoms. The number of ether oxygens (including phenoxy) is 2. The summed E-state index contributed by atoms with van der Waals surface area (Å²) in [5.74, 6) is -0.366. The highest BCUT2D eigenvalue weighted by atomic mass is 19.1. The van der Waals surface area contributed by atoms with Gasteiger partial charge in [-0.25, -0.2) is 14.0 Å². The summed E-state index contributed by atoms with van der Waals surface area (Å²) in [6, 6.07) is 27.2. The molecule has 0 saturated heterocycles. The minimum absolute atomic E-state index is 0.328. The SMILES string of the molecule is C=C(C)C(=O)Oc1ccc(C=Cc2ccc(C=Cc3ccc(C=Cc4ccccc4OC(=O)C(=C)C)cc3)c(F)c2)cc1. The van der Waals surface area contributed by atoms with E-state index in [-0.39, 0.29) is 5.82 Å². The van der Waals surface area contributed by atoms with Gasteiger partial charge < -0.3 is 9.47 Å². The van der Waals surface area contributed by atoms with Crippen LogP contribution in [0.4, 0.5) is 4.39 Å². The van der Waals surface area contributed by atoms with Crippen molar-refractivity contribution >= 4 is 48.4 Å². The van der Waals surface area contributed by atoms with E-state index in [2.05, 4.69) is 13.2 Å². The van der Waals surface area contributed by atoms with Crippen LogP contribution in [0, 0.1) is 5.82 Å². The summed E-state index contributed by atoms with van der Waals surface area (Å²) < 4.78 is 25.4. The van der Waals surface area contributed by atoms with E-state index in [4.69, 9.17) is 9.47 Å². The standard InChI is InChI=1S/C38H31FO4/c1-26(2)37(40)42-34-23-18-30(19-24-34)13-14-31-17-21-32(35(39)25-31)20-15-28-9-11-29(12-10-28)16-22-33-7-5-6-8-36(33)43-38(41)27(3)4/h5-25H,1,3H2,2,4H3. The highest BCUT2D eigenvalue weighted by molar-refractivity contribution is 5.90. The van der Waals surface area contributed by atoms with Crippen LogP contribution in [0.15, 0.2) is 115 Å². The number of benzene rings is 4. The third-order valence-corrected chi connectivity index (χ3v) is 6.25. The highest BCUT2D eigenvalue weighted by Crippen LogP contribution is 2.23. The van der Waals surface area contributed by atoms with E-state index >= 15 is 0 Å². The highest BCUT2D eigenvalue weighted by Gasteiger charge is 2.08. The summed E-state index contributed by atoms with van der Waals surface area (Å²) in [4.78, 5) is 23.6. The molecule has 0 radical (unpaired) electrons. The van der Waals surface area contributed by atoms with Crippen molar-refractivity contribution in [3.63, 3.8) is 0 Å². The van der Waals surface area contributed by atoms with Gasteiger partial charge in [-0.2, -0.15) is 0 Å². The van der Waals surface area contributed by atoms with Crippen molar-refractivity contribution in [2.75, 3.05) is 0 Å². The van der Waals surface area contributed by atoms with E-state index in [0.717, 1.165) is 27.8 Å². The number of carbonyl (C=O) groups excluding carboxylic acids is 2. The van der Waals surface area contributed by atoms with Crippen LogP contribution >= 0.6 is 0 Å². The Morgan fingerprint density at radius 1 is 0.581 bits per heavy atom. The molecule has 0 spiro atoms. The van der Waals surface area contributed by atoms with Gasteiger partial charge in [0.05, 0.1) is 0 Å². The van der Waals surface area contributed by atoms with Crippen molar-refractivity contribution in [1.82, 2.24) is 0 Å². The fourth-order valence-corrected chi connectivity index (χ4v) is 3.80.